The van der Waals surface area contributed by atoms with Crippen LogP contribution in [0, 0.1) is 0 Å². The Kier molecular flexibility index (Phi) is 6.65. The van der Waals surface area contributed by atoms with Crippen LogP contribution in [0.15, 0.2) is 16.3 Å². The van der Waals surface area contributed by atoms with E-state index in [9.17, 15) is 8.42 Å². The summed E-state index contributed by atoms with van der Waals surface area (Å²) in [7, 11) is -3.36. The molecule has 0 unspecified atom stereocenters. The molecule has 0 fully saturated rings. The van der Waals surface area contributed by atoms with Gasteiger partial charge in [-0.1, -0.05) is 13.8 Å². The van der Waals surface area contributed by atoms with E-state index in [4.69, 9.17) is 0 Å². The van der Waals surface area contributed by atoms with Gasteiger partial charge >= 0.3 is 0 Å². The smallest absolute Gasteiger partial charge is 0.241 e. The maximum atomic E-state index is 12.1. The average molecular weight is 308 g/mol. The van der Waals surface area contributed by atoms with E-state index in [1.807, 2.05) is 25.5 Å². The summed E-state index contributed by atoms with van der Waals surface area (Å²) in [5, 5.41) is 5.06. The van der Waals surface area contributed by atoms with Gasteiger partial charge < -0.3 is 5.32 Å². The van der Waals surface area contributed by atoms with E-state index in [1.165, 1.54) is 11.3 Å². The lowest BCUT2D eigenvalue weighted by Crippen LogP contribution is -2.28. The molecule has 2 N–H and O–H groups in total. The van der Waals surface area contributed by atoms with Gasteiger partial charge in [-0.2, -0.15) is 11.8 Å². The van der Waals surface area contributed by atoms with Gasteiger partial charge in [-0.05, 0) is 17.7 Å². The molecule has 0 radical (unpaired) electrons. The highest BCUT2D eigenvalue weighted by Gasteiger charge is 2.18. The zero-order chi connectivity index (χ0) is 13.6. The number of nitrogens with one attached hydrogen (secondary N) is 2. The molecule has 0 spiro atoms. The zero-order valence-corrected chi connectivity index (χ0v) is 13.3. The monoisotopic (exact) mass is 308 g/mol. The highest BCUT2D eigenvalue weighted by molar-refractivity contribution is 7.98. The molecule has 18 heavy (non-hydrogen) atoms. The molecule has 1 rings (SSSR count). The number of sulfonamides is 1. The minimum atomic E-state index is -3.36. The van der Waals surface area contributed by atoms with Crippen LogP contribution >= 0.6 is 23.1 Å². The van der Waals surface area contributed by atoms with Crippen LogP contribution in [-0.2, 0) is 16.6 Å². The molecule has 4 nitrogen and oxygen atoms in total. The third-order valence-electron chi connectivity index (χ3n) is 2.26. The van der Waals surface area contributed by atoms with E-state index in [0.29, 0.717) is 24.0 Å². The van der Waals surface area contributed by atoms with Crippen molar-refractivity contribution in [1.82, 2.24) is 10.0 Å². The van der Waals surface area contributed by atoms with E-state index >= 15 is 0 Å². The molecule has 1 aromatic rings. The van der Waals surface area contributed by atoms with E-state index in [0.717, 1.165) is 10.6 Å². The van der Waals surface area contributed by atoms with Crippen LogP contribution in [0.1, 0.15) is 18.7 Å². The van der Waals surface area contributed by atoms with Crippen LogP contribution in [0.4, 0.5) is 0 Å². The fraction of sp³-hybridized carbons (Fsp3) is 0.636. The van der Waals surface area contributed by atoms with Crippen molar-refractivity contribution in [2.45, 2.75) is 31.3 Å². The van der Waals surface area contributed by atoms with Crippen molar-refractivity contribution in [1.29, 1.82) is 0 Å². The lowest BCUT2D eigenvalue weighted by molar-refractivity contribution is 0.573. The van der Waals surface area contributed by atoms with Gasteiger partial charge in [0.2, 0.25) is 10.0 Å². The molecule has 104 valence electrons. The third kappa shape index (κ3) is 4.89. The molecule has 1 aromatic heterocycles. The summed E-state index contributed by atoms with van der Waals surface area (Å²) < 4.78 is 26.8. The second kappa shape index (κ2) is 7.49. The average Bonchev–Trinajstić information content (AvgIpc) is 2.75. The largest absolute Gasteiger partial charge is 0.310 e. The first-order valence-electron chi connectivity index (χ1n) is 5.75. The first-order valence-corrected chi connectivity index (χ1v) is 9.51. The molecular weight excluding hydrogens is 288 g/mol. The van der Waals surface area contributed by atoms with Crippen LogP contribution in [0.5, 0.6) is 0 Å². The van der Waals surface area contributed by atoms with Crippen LogP contribution in [0.3, 0.4) is 0 Å². The van der Waals surface area contributed by atoms with Crippen LogP contribution in [-0.4, -0.2) is 33.0 Å². The molecule has 0 aliphatic rings. The number of rotatable bonds is 8. The van der Waals surface area contributed by atoms with Crippen molar-refractivity contribution in [3.63, 3.8) is 0 Å². The van der Waals surface area contributed by atoms with Gasteiger partial charge in [0, 0.05) is 29.8 Å². The van der Waals surface area contributed by atoms with E-state index in [2.05, 4.69) is 10.0 Å². The topological polar surface area (TPSA) is 58.2 Å². The molecule has 0 saturated carbocycles. The van der Waals surface area contributed by atoms with Gasteiger partial charge in [-0.3, -0.25) is 0 Å². The van der Waals surface area contributed by atoms with Gasteiger partial charge in [0.05, 0.1) is 4.90 Å². The molecule has 0 bridgehead atoms. The summed E-state index contributed by atoms with van der Waals surface area (Å²) in [6, 6.07) is 2.01. The predicted molar refractivity (Wildman–Crippen MR) is 79.9 cm³/mol. The molecule has 0 aliphatic carbocycles. The highest BCUT2D eigenvalue weighted by atomic mass is 32.2. The van der Waals surface area contributed by atoms with Crippen LogP contribution < -0.4 is 10.0 Å². The lowest BCUT2D eigenvalue weighted by Gasteiger charge is -2.10. The van der Waals surface area contributed by atoms with Crippen LogP contribution in [0.25, 0.3) is 0 Å². The number of thiophene rings is 1. The normalized spacial score (nSPS) is 12.2. The van der Waals surface area contributed by atoms with Gasteiger partial charge in [-0.25, -0.2) is 13.1 Å². The van der Waals surface area contributed by atoms with E-state index < -0.39 is 10.0 Å². The quantitative estimate of drug-likeness (QED) is 0.720. The van der Waals surface area contributed by atoms with Gasteiger partial charge in [0.25, 0.3) is 0 Å². The van der Waals surface area contributed by atoms with Crippen molar-refractivity contribution in [3.05, 3.63) is 16.3 Å². The first-order chi connectivity index (χ1) is 8.47. The minimum Gasteiger partial charge on any atom is -0.310 e. The second-order valence-corrected chi connectivity index (χ2v) is 7.86. The minimum absolute atomic E-state index is 0.340. The lowest BCUT2D eigenvalue weighted by atomic mass is 10.4. The SMILES string of the molecule is CSCCNS(=O)(=O)c1ccsc1CNC(C)C. The van der Waals surface area contributed by atoms with E-state index in [1.54, 1.807) is 17.8 Å². The van der Waals surface area contributed by atoms with E-state index in [-0.39, 0.29) is 0 Å². The number of thioether (sulfide) groups is 1. The van der Waals surface area contributed by atoms with Gasteiger partial charge in [0.1, 0.15) is 0 Å². The molecule has 1 heterocycles. The Morgan fingerprint density at radius 3 is 2.78 bits per heavy atom. The first kappa shape index (κ1) is 16.0. The maximum absolute atomic E-state index is 12.1. The molecule has 0 amide bonds. The second-order valence-electron chi connectivity index (χ2n) is 4.13. The Hall–Kier alpha value is -0.0800. The van der Waals surface area contributed by atoms with Gasteiger partial charge in [0.15, 0.2) is 0 Å². The maximum Gasteiger partial charge on any atom is 0.241 e. The Morgan fingerprint density at radius 1 is 1.44 bits per heavy atom. The number of hydrogen-bond donors (Lipinski definition) is 2. The fourth-order valence-corrected chi connectivity index (χ4v) is 4.21. The molecular formula is C11H20N2O2S3. The Labute approximate surface area is 118 Å². The summed E-state index contributed by atoms with van der Waals surface area (Å²) in [6.45, 7) is 5.14. The Bertz CT molecular complexity index is 455. The third-order valence-corrected chi connectivity index (χ3v) is 5.47. The van der Waals surface area contributed by atoms with Gasteiger partial charge in [-0.15, -0.1) is 11.3 Å². The summed E-state index contributed by atoms with van der Waals surface area (Å²) in [6.07, 6.45) is 1.96. The van der Waals surface area contributed by atoms with Crippen molar-refractivity contribution >= 4 is 33.1 Å². The summed E-state index contributed by atoms with van der Waals surface area (Å²) >= 11 is 3.09. The number of hydrogen-bond acceptors (Lipinski definition) is 5. The Balaban J connectivity index is 2.73. The van der Waals surface area contributed by atoms with Crippen LogP contribution in [0.2, 0.25) is 0 Å². The summed E-state index contributed by atoms with van der Waals surface area (Å²) in [5.41, 5.74) is 0. The Morgan fingerprint density at radius 2 is 2.17 bits per heavy atom. The fourth-order valence-electron chi connectivity index (χ4n) is 1.35. The molecule has 0 saturated heterocycles. The molecule has 0 aromatic carbocycles. The zero-order valence-electron chi connectivity index (χ0n) is 10.9. The predicted octanol–water partition coefficient (Wildman–Crippen LogP) is 1.89. The summed E-state index contributed by atoms with van der Waals surface area (Å²) in [4.78, 5) is 1.27. The van der Waals surface area contributed by atoms with Crippen molar-refractivity contribution in [2.24, 2.45) is 0 Å². The van der Waals surface area contributed by atoms with Crippen molar-refractivity contribution in [3.8, 4) is 0 Å². The highest BCUT2D eigenvalue weighted by Crippen LogP contribution is 2.21. The molecule has 0 aliphatic heterocycles. The molecule has 0 atom stereocenters. The molecule has 7 heteroatoms. The van der Waals surface area contributed by atoms with Crippen molar-refractivity contribution < 1.29 is 8.42 Å². The summed E-state index contributed by atoms with van der Waals surface area (Å²) in [5.74, 6) is 0.781. The standard InChI is InChI=1S/C11H20N2O2S3/c1-9(2)12-8-10-11(4-6-17-10)18(14,15)13-5-7-16-3/h4,6,9,12-13H,5,7-8H2,1-3H3. The van der Waals surface area contributed by atoms with Crippen molar-refractivity contribution in [2.75, 3.05) is 18.6 Å².